The summed E-state index contributed by atoms with van der Waals surface area (Å²) in [6, 6.07) is 3.06. The van der Waals surface area contributed by atoms with E-state index in [1.165, 1.54) is 12.1 Å². The van der Waals surface area contributed by atoms with E-state index in [1.54, 1.807) is 26.0 Å². The number of carbonyl (C=O) groups excluding carboxylic acids is 1. The van der Waals surface area contributed by atoms with Crippen LogP contribution in [0.1, 0.15) is 18.1 Å². The molecular weight excluding hydrogens is 220 g/mol. The Morgan fingerprint density at radius 2 is 1.94 bits per heavy atom. The van der Waals surface area contributed by atoms with Gasteiger partial charge in [0.2, 0.25) is 5.91 Å². The van der Waals surface area contributed by atoms with Gasteiger partial charge in [-0.1, -0.05) is 6.08 Å². The number of amides is 1. The minimum atomic E-state index is -0.502. The van der Waals surface area contributed by atoms with E-state index in [-0.39, 0.29) is 17.3 Å². The van der Waals surface area contributed by atoms with Crippen molar-refractivity contribution < 1.29 is 9.72 Å². The van der Waals surface area contributed by atoms with Gasteiger partial charge in [-0.25, -0.2) is 0 Å². The van der Waals surface area contributed by atoms with Gasteiger partial charge in [-0.15, -0.1) is 0 Å². The number of nitrogens with zero attached hydrogens (tertiary/aromatic N) is 1. The zero-order valence-corrected chi connectivity index (χ0v) is 9.98. The molecule has 0 aliphatic carbocycles. The van der Waals surface area contributed by atoms with Crippen LogP contribution in [0.3, 0.4) is 0 Å². The third-order valence-corrected chi connectivity index (χ3v) is 2.38. The highest BCUT2D eigenvalue weighted by Crippen LogP contribution is 2.27. The van der Waals surface area contributed by atoms with E-state index >= 15 is 0 Å². The third kappa shape index (κ3) is 3.14. The van der Waals surface area contributed by atoms with Crippen molar-refractivity contribution in [3.63, 3.8) is 0 Å². The van der Waals surface area contributed by atoms with Crippen LogP contribution in [0, 0.1) is 24.0 Å². The Balaban J connectivity index is 3.17. The van der Waals surface area contributed by atoms with E-state index in [4.69, 9.17) is 0 Å². The van der Waals surface area contributed by atoms with Crippen LogP contribution in [0.5, 0.6) is 0 Å². The van der Waals surface area contributed by atoms with Crippen LogP contribution < -0.4 is 5.32 Å². The number of hydrogen-bond acceptors (Lipinski definition) is 3. The lowest BCUT2D eigenvalue weighted by atomic mass is 10.1. The number of rotatable bonds is 3. The molecule has 5 nitrogen and oxygen atoms in total. The molecule has 0 saturated heterocycles. The van der Waals surface area contributed by atoms with E-state index in [0.717, 1.165) is 11.1 Å². The molecule has 1 aromatic carbocycles. The van der Waals surface area contributed by atoms with E-state index in [2.05, 4.69) is 5.32 Å². The topological polar surface area (TPSA) is 72.2 Å². The Morgan fingerprint density at radius 3 is 2.47 bits per heavy atom. The Labute approximate surface area is 99.3 Å². The molecule has 0 aliphatic rings. The molecule has 1 amide bonds. The second-order valence-electron chi connectivity index (χ2n) is 3.70. The van der Waals surface area contributed by atoms with Crippen molar-refractivity contribution in [2.45, 2.75) is 20.8 Å². The lowest BCUT2D eigenvalue weighted by Gasteiger charge is -2.07. The summed E-state index contributed by atoms with van der Waals surface area (Å²) >= 11 is 0. The molecule has 1 aromatic rings. The van der Waals surface area contributed by atoms with Gasteiger partial charge in [0.25, 0.3) is 5.69 Å². The fourth-order valence-electron chi connectivity index (χ4n) is 1.38. The van der Waals surface area contributed by atoms with E-state index in [1.807, 2.05) is 6.92 Å². The van der Waals surface area contributed by atoms with Crippen molar-refractivity contribution in [1.29, 1.82) is 0 Å². The van der Waals surface area contributed by atoms with Crippen LogP contribution in [0.2, 0.25) is 0 Å². The molecule has 17 heavy (non-hydrogen) atoms. The molecule has 0 spiro atoms. The van der Waals surface area contributed by atoms with Gasteiger partial charge in [-0.2, -0.15) is 0 Å². The summed E-state index contributed by atoms with van der Waals surface area (Å²) in [4.78, 5) is 21.7. The highest BCUT2D eigenvalue weighted by molar-refractivity contribution is 6.00. The zero-order valence-electron chi connectivity index (χ0n) is 9.98. The van der Waals surface area contributed by atoms with Gasteiger partial charge in [0, 0.05) is 6.07 Å². The predicted octanol–water partition coefficient (Wildman–Crippen LogP) is 2.73. The minimum absolute atomic E-state index is 0.0917. The zero-order chi connectivity index (χ0) is 13.0. The number of nitrogens with one attached hydrogen (secondary N) is 1. The number of hydrogen-bond donors (Lipinski definition) is 1. The predicted molar refractivity (Wildman–Crippen MR) is 66.0 cm³/mol. The highest BCUT2D eigenvalue weighted by atomic mass is 16.6. The Hall–Kier alpha value is -2.17. The van der Waals surface area contributed by atoms with Gasteiger partial charge in [-0.3, -0.25) is 14.9 Å². The Kier molecular flexibility index (Phi) is 3.98. The van der Waals surface area contributed by atoms with Gasteiger partial charge in [0.15, 0.2) is 0 Å². The van der Waals surface area contributed by atoms with Crippen molar-refractivity contribution in [3.05, 3.63) is 45.5 Å². The summed E-state index contributed by atoms with van der Waals surface area (Å²) in [6.45, 7) is 5.33. The molecule has 5 heteroatoms. The van der Waals surface area contributed by atoms with Crippen LogP contribution in [0.15, 0.2) is 24.3 Å². The quantitative estimate of drug-likeness (QED) is 0.496. The number of allylic oxidation sites excluding steroid dienone is 1. The first kappa shape index (κ1) is 12.9. The first-order chi connectivity index (χ1) is 7.95. The van der Waals surface area contributed by atoms with Gasteiger partial charge >= 0.3 is 0 Å². The first-order valence-corrected chi connectivity index (χ1v) is 5.15. The average Bonchev–Trinajstić information content (AvgIpc) is 2.23. The van der Waals surface area contributed by atoms with Gasteiger partial charge in [-0.05, 0) is 44.0 Å². The average molecular weight is 234 g/mol. The number of nitro groups is 1. The van der Waals surface area contributed by atoms with Crippen LogP contribution in [0.4, 0.5) is 11.4 Å². The van der Waals surface area contributed by atoms with Crippen LogP contribution >= 0.6 is 0 Å². The summed E-state index contributed by atoms with van der Waals surface area (Å²) in [7, 11) is 0. The Bertz CT molecular complexity index is 493. The van der Waals surface area contributed by atoms with Gasteiger partial charge in [0.1, 0.15) is 5.69 Å². The van der Waals surface area contributed by atoms with E-state index < -0.39 is 4.92 Å². The van der Waals surface area contributed by atoms with Crippen molar-refractivity contribution in [3.8, 4) is 0 Å². The molecule has 0 fully saturated rings. The van der Waals surface area contributed by atoms with Crippen LogP contribution in [0.25, 0.3) is 0 Å². The largest absolute Gasteiger partial charge is 0.317 e. The fourth-order valence-corrected chi connectivity index (χ4v) is 1.38. The maximum atomic E-state index is 11.4. The highest BCUT2D eigenvalue weighted by Gasteiger charge is 2.16. The minimum Gasteiger partial charge on any atom is -0.317 e. The smallest absolute Gasteiger partial charge is 0.293 e. The maximum absolute atomic E-state index is 11.4. The first-order valence-electron chi connectivity index (χ1n) is 5.15. The number of anilines is 1. The fraction of sp³-hybridized carbons (Fsp3) is 0.250. The molecule has 0 atom stereocenters. The number of benzene rings is 1. The van der Waals surface area contributed by atoms with E-state index in [0.29, 0.717) is 0 Å². The summed E-state index contributed by atoms with van der Waals surface area (Å²) in [5, 5.41) is 13.4. The van der Waals surface area contributed by atoms with Crippen LogP contribution in [-0.2, 0) is 4.79 Å². The molecule has 0 radical (unpaired) electrons. The van der Waals surface area contributed by atoms with Gasteiger partial charge < -0.3 is 5.32 Å². The molecule has 0 aromatic heterocycles. The molecule has 90 valence electrons. The molecular formula is C12H14N2O3. The molecule has 0 bridgehead atoms. The standard InChI is InChI=1S/C12H14N2O3/c1-4-5-12(15)13-10-6-8(2)9(3)7-11(10)14(16)17/h4-7H,1-3H3,(H,13,15)/b5-4+. The van der Waals surface area contributed by atoms with Gasteiger partial charge in [0.05, 0.1) is 4.92 Å². The molecule has 0 aliphatic heterocycles. The van der Waals surface area contributed by atoms with Crippen molar-refractivity contribution in [2.24, 2.45) is 0 Å². The molecule has 0 heterocycles. The lowest BCUT2D eigenvalue weighted by molar-refractivity contribution is -0.384. The molecule has 1 rings (SSSR count). The second-order valence-corrected chi connectivity index (χ2v) is 3.70. The summed E-state index contributed by atoms with van der Waals surface area (Å²) < 4.78 is 0. The maximum Gasteiger partial charge on any atom is 0.293 e. The SMILES string of the molecule is C/C=C/C(=O)Nc1cc(C)c(C)cc1[N+](=O)[O-]. The number of carbonyl (C=O) groups is 1. The molecule has 1 N–H and O–H groups in total. The summed E-state index contributed by atoms with van der Waals surface area (Å²) in [5.41, 5.74) is 1.85. The second kappa shape index (κ2) is 5.25. The van der Waals surface area contributed by atoms with Crippen molar-refractivity contribution in [1.82, 2.24) is 0 Å². The number of nitro benzene ring substituents is 1. The molecule has 0 unspecified atom stereocenters. The van der Waals surface area contributed by atoms with E-state index in [9.17, 15) is 14.9 Å². The summed E-state index contributed by atoms with van der Waals surface area (Å²) in [5.74, 6) is -0.376. The molecule has 0 saturated carbocycles. The lowest BCUT2D eigenvalue weighted by Crippen LogP contribution is -2.10. The summed E-state index contributed by atoms with van der Waals surface area (Å²) in [6.07, 6.45) is 2.89. The van der Waals surface area contributed by atoms with Crippen molar-refractivity contribution in [2.75, 3.05) is 5.32 Å². The third-order valence-electron chi connectivity index (χ3n) is 2.38. The van der Waals surface area contributed by atoms with Crippen molar-refractivity contribution >= 4 is 17.3 Å². The number of aryl methyl sites for hydroxylation is 2. The van der Waals surface area contributed by atoms with Crippen LogP contribution in [-0.4, -0.2) is 10.8 Å². The monoisotopic (exact) mass is 234 g/mol. The Morgan fingerprint density at radius 1 is 1.35 bits per heavy atom. The normalized spacial score (nSPS) is 10.5.